The molecular formula is C48H64B32N2. The summed E-state index contributed by atoms with van der Waals surface area (Å²) in [4.78, 5) is 0. The van der Waals surface area contributed by atoms with Crippen molar-refractivity contribution in [2.45, 2.75) is 0 Å². The Morgan fingerprint density at radius 2 is 0.268 bits per heavy atom. The van der Waals surface area contributed by atoms with E-state index >= 15 is 0 Å². The van der Waals surface area contributed by atoms with Crippen LogP contribution in [0.3, 0.4) is 0 Å². The molecule has 34 heteroatoms. The van der Waals surface area contributed by atoms with Crippen molar-refractivity contribution in [3.63, 3.8) is 0 Å². The van der Waals surface area contributed by atoms with Crippen LogP contribution in [-0.2, 0) is 0 Å². The molecule has 0 amide bonds. The van der Waals surface area contributed by atoms with E-state index in [2.05, 4.69) is 260 Å². The van der Waals surface area contributed by atoms with Crippen molar-refractivity contribution in [1.29, 1.82) is 0 Å². The minimum atomic E-state index is 1.33. The first-order chi connectivity index (χ1) is 38.1. The Balaban J connectivity index is 1.38. The molecule has 0 spiro atoms. The SMILES string of the molecule is Bc1c(B)c(B)c(-c2c(B)c(B)c(-n3c4c(B)c(B)c(B)c(B)c4c4c(B)c(-c5c(B)c(B)c6c(c5B)c5c(B)c(B)c(B)c(B)c5n6-c5c(B)c(B)c(B)c(-c6c(B)c(B)c(B)c(B)c6B)c5B)c(B)c(B)c43)c(B)c2B)c(B)c1B. The maximum absolute atomic E-state index is 2.76. The molecule has 10 aromatic rings. The maximum atomic E-state index is 2.76. The maximum Gasteiger partial charge on any atom is 0.142 e. The zero-order valence-corrected chi connectivity index (χ0v) is 56.9. The molecule has 8 aromatic carbocycles. The number of benzene rings is 8. The lowest BCUT2D eigenvalue weighted by Gasteiger charge is -2.29. The van der Waals surface area contributed by atoms with Crippen LogP contribution in [0.5, 0.6) is 0 Å². The Kier molecular flexibility index (Phi) is 15.2. The lowest BCUT2D eigenvalue weighted by Crippen LogP contribution is -2.57. The Bertz CT molecular complexity index is 4620. The summed E-state index contributed by atoms with van der Waals surface area (Å²) in [6.45, 7) is 0. The van der Waals surface area contributed by atoms with Crippen molar-refractivity contribution in [1.82, 2.24) is 9.13 Å². The molecule has 0 aliphatic heterocycles. The fourth-order valence-electron chi connectivity index (χ4n) is 16.4. The van der Waals surface area contributed by atoms with E-state index in [1.54, 1.807) is 0 Å². The number of hydrogen-bond acceptors (Lipinski definition) is 0. The van der Waals surface area contributed by atoms with E-state index in [0.717, 1.165) is 0 Å². The number of fused-ring (bicyclic) bond motifs is 6. The second-order valence-corrected chi connectivity index (χ2v) is 26.5. The first-order valence-electron chi connectivity index (χ1n) is 30.6. The number of hydrogen-bond donors (Lipinski definition) is 0. The summed E-state index contributed by atoms with van der Waals surface area (Å²) in [6, 6.07) is 0. The molecule has 0 N–H and O–H groups in total. The summed E-state index contributed by atoms with van der Waals surface area (Å²) in [5.41, 5.74) is 60.7. The molecule has 362 valence electrons. The third-order valence-electron chi connectivity index (χ3n) is 23.6. The van der Waals surface area contributed by atoms with Gasteiger partial charge >= 0.3 is 0 Å². The molecule has 0 saturated carbocycles. The molecule has 0 aliphatic rings. The lowest BCUT2D eigenvalue weighted by atomic mass is 9.56. The fourth-order valence-corrected chi connectivity index (χ4v) is 16.4. The molecule has 10 rings (SSSR count). The van der Waals surface area contributed by atoms with Crippen LogP contribution in [0.25, 0.3) is 88.4 Å². The topological polar surface area (TPSA) is 9.86 Å². The largest absolute Gasteiger partial charge is 0.312 e. The molecule has 0 radical (unpaired) electrons. The first kappa shape index (κ1) is 60.6. The lowest BCUT2D eigenvalue weighted by molar-refractivity contribution is 1.22. The van der Waals surface area contributed by atoms with Gasteiger partial charge in [0.05, 0.1) is 0 Å². The van der Waals surface area contributed by atoms with E-state index in [0.29, 0.717) is 0 Å². The van der Waals surface area contributed by atoms with Crippen molar-refractivity contribution < 1.29 is 0 Å². The molecule has 0 atom stereocenters. The van der Waals surface area contributed by atoms with E-state index in [1.165, 1.54) is 263 Å². The van der Waals surface area contributed by atoms with Gasteiger partial charge in [-0.15, -0.1) is 43.7 Å². The van der Waals surface area contributed by atoms with Crippen molar-refractivity contribution >= 4 is 470 Å². The van der Waals surface area contributed by atoms with E-state index in [9.17, 15) is 0 Å². The van der Waals surface area contributed by atoms with Gasteiger partial charge in [-0.1, -0.05) is 131 Å². The summed E-state index contributed by atoms with van der Waals surface area (Å²) < 4.78 is 5.52. The molecule has 2 nitrogen and oxygen atoms in total. The van der Waals surface area contributed by atoms with Crippen LogP contribution in [0.2, 0.25) is 0 Å². The molecule has 0 saturated heterocycles. The van der Waals surface area contributed by atoms with Crippen LogP contribution in [0.15, 0.2) is 0 Å². The van der Waals surface area contributed by atoms with Gasteiger partial charge in [-0.05, 0) is 44.2 Å². The highest BCUT2D eigenvalue weighted by Crippen LogP contribution is 2.32. The second-order valence-electron chi connectivity index (χ2n) is 26.5. The highest BCUT2D eigenvalue weighted by molar-refractivity contribution is 6.77. The molecular weight excluding hydrogens is 951 g/mol. The molecule has 2 heterocycles. The van der Waals surface area contributed by atoms with Crippen molar-refractivity contribution in [3.8, 4) is 44.8 Å². The molecule has 82 heavy (non-hydrogen) atoms. The van der Waals surface area contributed by atoms with Gasteiger partial charge in [0.2, 0.25) is 0 Å². The van der Waals surface area contributed by atoms with Crippen LogP contribution in [0.4, 0.5) is 0 Å². The van der Waals surface area contributed by atoms with Crippen molar-refractivity contribution in [2.75, 3.05) is 0 Å². The van der Waals surface area contributed by atoms with Crippen LogP contribution in [-0.4, -0.2) is 260 Å². The van der Waals surface area contributed by atoms with Gasteiger partial charge < -0.3 is 9.13 Å². The van der Waals surface area contributed by atoms with Gasteiger partial charge in [0, 0.05) is 44.2 Å². The standard InChI is InChI=1S/C48H64B32N2/c49-11-1(18(56)36(74)43-7(11)9-22(60)29(67)34(72)40(78)45(9)81(43)47-24(62)6(17(55)31(69)42(47)80)5-15(53)27(65)33(71)28(66)16(5)54)2-12(50)8-10-23(61)30(68)35(73)41(79)46(10)82(44(8)37(75)19(2)57)48-38(76)20(58)4(21(59)39(48)77)3-13(51)25(63)32(70)26(64)14(3)52/h49-80H2. The smallest absolute Gasteiger partial charge is 0.142 e. The van der Waals surface area contributed by atoms with Gasteiger partial charge in [-0.3, -0.25) is 0 Å². The predicted octanol–water partition coefficient (Wildman–Crippen LogP) is -42.8. The average Bonchev–Trinajstić information content (AvgIpc) is 1.87. The second kappa shape index (κ2) is 20.6. The highest BCUT2D eigenvalue weighted by atomic mass is 15.0. The molecule has 0 bridgehead atoms. The zero-order valence-electron chi connectivity index (χ0n) is 56.9. The summed E-state index contributed by atoms with van der Waals surface area (Å²) in [5, 5.41) is 5.58. The Labute approximate surface area is 519 Å². The van der Waals surface area contributed by atoms with Gasteiger partial charge in [0.15, 0.2) is 0 Å². The number of aromatic nitrogens is 2. The van der Waals surface area contributed by atoms with Crippen molar-refractivity contribution in [3.05, 3.63) is 0 Å². The fraction of sp³-hybridized carbons (Fsp3) is 0. The summed E-state index contributed by atoms with van der Waals surface area (Å²) >= 11 is 0. The minimum Gasteiger partial charge on any atom is -0.312 e. The third kappa shape index (κ3) is 7.80. The molecule has 0 aliphatic carbocycles. The number of rotatable bonds is 5. The monoisotopic (exact) mass is 1020 g/mol. The van der Waals surface area contributed by atoms with Crippen LogP contribution < -0.4 is 175 Å². The zero-order chi connectivity index (χ0) is 60.9. The highest BCUT2D eigenvalue weighted by Gasteiger charge is 2.32. The normalized spacial score (nSPS) is 11.8. The quantitative estimate of drug-likeness (QED) is 0.152. The van der Waals surface area contributed by atoms with Gasteiger partial charge in [-0.25, -0.2) is 0 Å². The van der Waals surface area contributed by atoms with Crippen LogP contribution >= 0.6 is 0 Å². The number of nitrogens with zero attached hydrogens (tertiary/aromatic N) is 2. The van der Waals surface area contributed by atoms with Gasteiger partial charge in [0.1, 0.15) is 251 Å². The first-order valence-corrected chi connectivity index (χ1v) is 30.6. The van der Waals surface area contributed by atoms with Crippen LogP contribution in [0, 0.1) is 0 Å². The summed E-state index contributed by atoms with van der Waals surface area (Å²) in [7, 11) is 76.2. The Hall–Kier alpha value is -4.56. The van der Waals surface area contributed by atoms with Gasteiger partial charge in [0.25, 0.3) is 0 Å². The predicted molar refractivity (Wildman–Crippen MR) is 473 cm³/mol. The van der Waals surface area contributed by atoms with Gasteiger partial charge in [-0.2, -0.15) is 0 Å². The van der Waals surface area contributed by atoms with E-state index in [-0.39, 0.29) is 0 Å². The Morgan fingerprint density at radius 3 is 0.561 bits per heavy atom. The average molecular weight is 1020 g/mol. The van der Waals surface area contributed by atoms with E-state index in [1.807, 2.05) is 0 Å². The third-order valence-corrected chi connectivity index (χ3v) is 23.6. The summed E-state index contributed by atoms with van der Waals surface area (Å²) in [5.74, 6) is 0. The molecule has 2 aromatic heterocycles. The molecule has 0 unspecified atom stereocenters. The molecule has 0 fully saturated rings. The summed E-state index contributed by atoms with van der Waals surface area (Å²) in [6.07, 6.45) is 0. The van der Waals surface area contributed by atoms with E-state index < -0.39 is 0 Å². The van der Waals surface area contributed by atoms with Crippen LogP contribution in [0.1, 0.15) is 0 Å². The Morgan fingerprint density at radius 1 is 0.122 bits per heavy atom. The van der Waals surface area contributed by atoms with Crippen molar-refractivity contribution in [2.24, 2.45) is 0 Å². The minimum absolute atomic E-state index is 1.33. The van der Waals surface area contributed by atoms with E-state index in [4.69, 9.17) is 0 Å².